The lowest BCUT2D eigenvalue weighted by molar-refractivity contribution is -0.252. The van der Waals surface area contributed by atoms with Gasteiger partial charge in [-0.05, 0) is 35.7 Å². The summed E-state index contributed by atoms with van der Waals surface area (Å²) in [6.07, 6.45) is 1.75. The van der Waals surface area contributed by atoms with Gasteiger partial charge in [0.25, 0.3) is 0 Å². The maximum Gasteiger partial charge on any atom is 0.315 e. The zero-order valence-electron chi connectivity index (χ0n) is 20.8. The summed E-state index contributed by atoms with van der Waals surface area (Å²) in [5.74, 6) is 0. The zero-order valence-corrected chi connectivity index (χ0v) is 20.8. The van der Waals surface area contributed by atoms with Crippen LogP contribution in [0.15, 0.2) is 79.1 Å². The van der Waals surface area contributed by atoms with Crippen LogP contribution in [0.3, 0.4) is 0 Å². The molecule has 1 saturated heterocycles. The fourth-order valence-corrected chi connectivity index (χ4v) is 4.61. The molecular formula is C29H32N4O4. The van der Waals surface area contributed by atoms with Crippen LogP contribution in [0.25, 0.3) is 11.0 Å². The number of hydrogen-bond acceptors (Lipinski definition) is 5. The van der Waals surface area contributed by atoms with Crippen molar-refractivity contribution < 1.29 is 19.4 Å². The third kappa shape index (κ3) is 5.99. The number of nitrogens with zero attached hydrogens (tertiary/aromatic N) is 2. The number of nitrogens with one attached hydrogen (secondary N) is 2. The molecule has 37 heavy (non-hydrogen) atoms. The molecule has 1 aliphatic heterocycles. The number of aliphatic hydroxyl groups excluding tert-OH is 1. The summed E-state index contributed by atoms with van der Waals surface area (Å²) >= 11 is 0. The van der Waals surface area contributed by atoms with E-state index in [-0.39, 0.29) is 24.8 Å². The van der Waals surface area contributed by atoms with E-state index in [1.165, 1.54) is 0 Å². The van der Waals surface area contributed by atoms with Crippen molar-refractivity contribution in [1.82, 2.24) is 20.2 Å². The van der Waals surface area contributed by atoms with Gasteiger partial charge in [0, 0.05) is 25.1 Å². The Kier molecular flexibility index (Phi) is 7.79. The van der Waals surface area contributed by atoms with Crippen LogP contribution in [-0.2, 0) is 29.2 Å². The SMILES string of the molecule is CCNC(=O)NCc1ccc(C2OC(Cn3cnc4ccccc43)CC(c3ccc(CO)cc3)O2)cc1. The summed E-state index contributed by atoms with van der Waals surface area (Å²) in [6.45, 7) is 3.57. The molecule has 4 aromatic rings. The standard InChI is InChI=1S/C29H32N4O4/c1-2-30-29(35)31-16-20-7-13-23(14-8-20)28-36-24(17-33-19-32-25-5-3-4-6-26(25)33)15-27(37-28)22-11-9-21(18-34)10-12-22/h3-14,19,24,27-28,34H,2,15-18H2,1H3,(H2,30,31,35). The van der Waals surface area contributed by atoms with Crippen LogP contribution in [0.2, 0.25) is 0 Å². The molecule has 8 heteroatoms. The first-order valence-electron chi connectivity index (χ1n) is 12.6. The van der Waals surface area contributed by atoms with Crippen LogP contribution in [0, 0.1) is 0 Å². The summed E-state index contributed by atoms with van der Waals surface area (Å²) < 4.78 is 15.0. The monoisotopic (exact) mass is 500 g/mol. The molecule has 192 valence electrons. The highest BCUT2D eigenvalue weighted by Gasteiger charge is 2.32. The second-order valence-corrected chi connectivity index (χ2v) is 9.19. The minimum atomic E-state index is -0.540. The first kappa shape index (κ1) is 25.0. The number of ether oxygens (including phenoxy) is 2. The molecule has 3 unspecified atom stereocenters. The van der Waals surface area contributed by atoms with Crippen molar-refractivity contribution in [2.75, 3.05) is 6.54 Å². The topological polar surface area (TPSA) is 97.6 Å². The van der Waals surface area contributed by atoms with Crippen molar-refractivity contribution in [3.05, 3.63) is 101 Å². The van der Waals surface area contributed by atoms with E-state index < -0.39 is 6.29 Å². The number of amides is 2. The van der Waals surface area contributed by atoms with Gasteiger partial charge >= 0.3 is 6.03 Å². The maximum absolute atomic E-state index is 11.7. The van der Waals surface area contributed by atoms with Gasteiger partial charge in [-0.2, -0.15) is 0 Å². The number of imidazole rings is 1. The molecule has 3 atom stereocenters. The van der Waals surface area contributed by atoms with Gasteiger partial charge in [-0.25, -0.2) is 9.78 Å². The van der Waals surface area contributed by atoms with E-state index in [9.17, 15) is 9.90 Å². The highest BCUT2D eigenvalue weighted by Crippen LogP contribution is 2.38. The van der Waals surface area contributed by atoms with E-state index in [4.69, 9.17) is 9.47 Å². The van der Waals surface area contributed by atoms with Crippen molar-refractivity contribution >= 4 is 17.1 Å². The minimum absolute atomic E-state index is 0.00911. The molecule has 0 bridgehead atoms. The highest BCUT2D eigenvalue weighted by atomic mass is 16.7. The highest BCUT2D eigenvalue weighted by molar-refractivity contribution is 5.75. The molecule has 3 aromatic carbocycles. The number of carbonyl (C=O) groups excluding carboxylic acids is 1. The molecular weight excluding hydrogens is 468 g/mol. The third-order valence-electron chi connectivity index (χ3n) is 6.58. The van der Waals surface area contributed by atoms with Gasteiger partial charge in [0.05, 0.1) is 42.7 Å². The lowest BCUT2D eigenvalue weighted by Gasteiger charge is -2.36. The Bertz CT molecular complexity index is 1320. The number of aliphatic hydroxyl groups is 1. The van der Waals surface area contributed by atoms with Crippen LogP contribution >= 0.6 is 0 Å². The van der Waals surface area contributed by atoms with Gasteiger partial charge in [0.15, 0.2) is 6.29 Å². The summed E-state index contributed by atoms with van der Waals surface area (Å²) in [5, 5.41) is 15.0. The number of hydrogen-bond donors (Lipinski definition) is 3. The van der Waals surface area contributed by atoms with Crippen LogP contribution in [0.4, 0.5) is 4.79 Å². The minimum Gasteiger partial charge on any atom is -0.392 e. The average Bonchev–Trinajstić information content (AvgIpc) is 3.35. The molecule has 0 aliphatic carbocycles. The molecule has 5 rings (SSSR count). The second-order valence-electron chi connectivity index (χ2n) is 9.19. The van der Waals surface area contributed by atoms with E-state index in [0.29, 0.717) is 26.1 Å². The Balaban J connectivity index is 1.35. The van der Waals surface area contributed by atoms with Crippen molar-refractivity contribution in [2.45, 2.75) is 51.5 Å². The number of urea groups is 1. The molecule has 0 spiro atoms. The number of aromatic nitrogens is 2. The number of rotatable bonds is 8. The lowest BCUT2D eigenvalue weighted by atomic mass is 10.00. The fraction of sp³-hybridized carbons (Fsp3) is 0.310. The van der Waals surface area contributed by atoms with Crippen LogP contribution in [0.1, 0.15) is 48.0 Å². The maximum atomic E-state index is 11.7. The Morgan fingerprint density at radius 1 is 0.973 bits per heavy atom. The quantitative estimate of drug-likeness (QED) is 0.329. The van der Waals surface area contributed by atoms with Gasteiger partial charge in [-0.15, -0.1) is 0 Å². The summed E-state index contributed by atoms with van der Waals surface area (Å²) in [4.78, 5) is 16.2. The van der Waals surface area contributed by atoms with Gasteiger partial charge in [-0.3, -0.25) is 0 Å². The smallest absolute Gasteiger partial charge is 0.315 e. The van der Waals surface area contributed by atoms with Crippen LogP contribution in [-0.4, -0.2) is 33.3 Å². The number of carbonyl (C=O) groups is 1. The summed E-state index contributed by atoms with van der Waals surface area (Å²) in [7, 11) is 0. The normalized spacial score (nSPS) is 19.6. The number of fused-ring (bicyclic) bond motifs is 1. The third-order valence-corrected chi connectivity index (χ3v) is 6.58. The van der Waals surface area contributed by atoms with E-state index in [1.807, 2.05) is 80.0 Å². The van der Waals surface area contributed by atoms with Crippen molar-refractivity contribution in [3.8, 4) is 0 Å². The Hall–Kier alpha value is -3.72. The molecule has 3 N–H and O–H groups in total. The van der Waals surface area contributed by atoms with Crippen molar-refractivity contribution in [2.24, 2.45) is 0 Å². The molecule has 1 aromatic heterocycles. The van der Waals surface area contributed by atoms with Gasteiger partial charge < -0.3 is 29.8 Å². The molecule has 1 fully saturated rings. The zero-order chi connectivity index (χ0) is 25.6. The Morgan fingerprint density at radius 3 is 2.46 bits per heavy atom. The summed E-state index contributed by atoms with van der Waals surface area (Å²) in [6, 6.07) is 23.7. The molecule has 2 amide bonds. The average molecular weight is 501 g/mol. The predicted molar refractivity (Wildman–Crippen MR) is 141 cm³/mol. The molecule has 0 radical (unpaired) electrons. The predicted octanol–water partition coefficient (Wildman–Crippen LogP) is 4.59. The van der Waals surface area contributed by atoms with Crippen molar-refractivity contribution in [1.29, 1.82) is 0 Å². The number of para-hydroxylation sites is 2. The lowest BCUT2D eigenvalue weighted by Crippen LogP contribution is -2.34. The first-order chi connectivity index (χ1) is 18.1. The molecule has 1 aliphatic rings. The van der Waals surface area contributed by atoms with E-state index in [1.54, 1.807) is 0 Å². The first-order valence-corrected chi connectivity index (χ1v) is 12.6. The Labute approximate surface area is 216 Å². The van der Waals surface area contributed by atoms with Gasteiger partial charge in [0.2, 0.25) is 0 Å². The largest absolute Gasteiger partial charge is 0.392 e. The van der Waals surface area contributed by atoms with Crippen LogP contribution in [0.5, 0.6) is 0 Å². The van der Waals surface area contributed by atoms with E-state index in [0.717, 1.165) is 33.3 Å². The van der Waals surface area contributed by atoms with Crippen molar-refractivity contribution in [3.63, 3.8) is 0 Å². The van der Waals surface area contributed by atoms with Gasteiger partial charge in [-0.1, -0.05) is 60.7 Å². The Morgan fingerprint density at radius 2 is 1.70 bits per heavy atom. The summed E-state index contributed by atoms with van der Waals surface area (Å²) in [5.41, 5.74) is 5.85. The molecule has 8 nitrogen and oxygen atoms in total. The van der Waals surface area contributed by atoms with Crippen LogP contribution < -0.4 is 10.6 Å². The number of benzene rings is 3. The van der Waals surface area contributed by atoms with E-state index in [2.05, 4.69) is 26.3 Å². The fourth-order valence-electron chi connectivity index (χ4n) is 4.61. The second kappa shape index (κ2) is 11.6. The molecule has 0 saturated carbocycles. The van der Waals surface area contributed by atoms with Gasteiger partial charge in [0.1, 0.15) is 0 Å². The van der Waals surface area contributed by atoms with E-state index >= 15 is 0 Å². The molecule has 2 heterocycles.